The lowest BCUT2D eigenvalue weighted by Gasteiger charge is -2.23. The van der Waals surface area contributed by atoms with Crippen LogP contribution in [0.15, 0.2) is 48.5 Å². The van der Waals surface area contributed by atoms with Crippen molar-refractivity contribution in [2.45, 2.75) is 6.04 Å². The maximum atomic E-state index is 5.41. The number of hydrogen-bond acceptors (Lipinski definition) is 3. The maximum Gasteiger partial charge on any atom is 0.171 e. The SMILES string of the molecule is COc1ccc(NC(=S)NC[C@H](c2cccc(OC)c2)[NH+](C)C)cc1. The molecule has 0 saturated heterocycles. The molecule has 0 aliphatic heterocycles. The third-order valence-corrected chi connectivity index (χ3v) is 4.25. The van der Waals surface area contributed by atoms with Crippen molar-refractivity contribution < 1.29 is 14.4 Å². The van der Waals surface area contributed by atoms with E-state index in [9.17, 15) is 0 Å². The Bertz CT molecular complexity index is 689. The maximum absolute atomic E-state index is 5.41. The zero-order valence-corrected chi connectivity index (χ0v) is 15.9. The molecule has 0 unspecified atom stereocenters. The first-order valence-corrected chi connectivity index (χ1v) is 8.57. The Kier molecular flexibility index (Phi) is 7.03. The van der Waals surface area contributed by atoms with Gasteiger partial charge in [-0.1, -0.05) is 12.1 Å². The van der Waals surface area contributed by atoms with Gasteiger partial charge in [0.1, 0.15) is 17.5 Å². The Labute approximate surface area is 154 Å². The molecule has 134 valence electrons. The Hall–Kier alpha value is -2.31. The molecular formula is C19H26N3O2S+. The topological polar surface area (TPSA) is 47.0 Å². The van der Waals surface area contributed by atoms with Crippen molar-refractivity contribution in [2.75, 3.05) is 40.2 Å². The van der Waals surface area contributed by atoms with E-state index in [0.29, 0.717) is 5.11 Å². The highest BCUT2D eigenvalue weighted by Crippen LogP contribution is 2.17. The Morgan fingerprint density at radius 1 is 1.04 bits per heavy atom. The van der Waals surface area contributed by atoms with Crippen LogP contribution in [-0.2, 0) is 0 Å². The number of likely N-dealkylation sites (N-methyl/N-ethyl adjacent to an activating group) is 1. The van der Waals surface area contributed by atoms with E-state index in [4.69, 9.17) is 21.7 Å². The number of rotatable bonds is 7. The first kappa shape index (κ1) is 19.0. The van der Waals surface area contributed by atoms with Crippen molar-refractivity contribution in [3.05, 3.63) is 54.1 Å². The summed E-state index contributed by atoms with van der Waals surface area (Å²) in [5.41, 5.74) is 2.13. The monoisotopic (exact) mass is 360 g/mol. The predicted octanol–water partition coefficient (Wildman–Crippen LogP) is 1.88. The lowest BCUT2D eigenvalue weighted by Crippen LogP contribution is -3.07. The van der Waals surface area contributed by atoms with E-state index < -0.39 is 0 Å². The third-order valence-electron chi connectivity index (χ3n) is 4.01. The fourth-order valence-electron chi connectivity index (χ4n) is 2.56. The van der Waals surface area contributed by atoms with Gasteiger partial charge >= 0.3 is 0 Å². The average molecular weight is 361 g/mol. The molecule has 0 aliphatic rings. The molecule has 5 nitrogen and oxygen atoms in total. The molecule has 1 atom stereocenters. The van der Waals surface area contributed by atoms with Gasteiger partial charge in [-0.15, -0.1) is 0 Å². The van der Waals surface area contributed by atoms with Gasteiger partial charge in [0.05, 0.1) is 34.9 Å². The van der Waals surface area contributed by atoms with Gasteiger partial charge in [0.25, 0.3) is 0 Å². The number of thiocarbonyl (C=S) groups is 1. The minimum Gasteiger partial charge on any atom is -0.497 e. The van der Waals surface area contributed by atoms with E-state index in [1.165, 1.54) is 10.5 Å². The molecule has 0 heterocycles. The molecule has 25 heavy (non-hydrogen) atoms. The van der Waals surface area contributed by atoms with Gasteiger partial charge in [-0.05, 0) is 48.6 Å². The van der Waals surface area contributed by atoms with E-state index in [-0.39, 0.29) is 6.04 Å². The van der Waals surface area contributed by atoms with E-state index in [0.717, 1.165) is 23.7 Å². The highest BCUT2D eigenvalue weighted by atomic mass is 32.1. The normalized spacial score (nSPS) is 11.7. The van der Waals surface area contributed by atoms with Crippen LogP contribution in [0.25, 0.3) is 0 Å². The van der Waals surface area contributed by atoms with E-state index in [2.05, 4.69) is 36.9 Å². The number of methoxy groups -OCH3 is 2. The number of hydrogen-bond donors (Lipinski definition) is 3. The van der Waals surface area contributed by atoms with Crippen molar-refractivity contribution in [1.29, 1.82) is 0 Å². The molecule has 0 spiro atoms. The summed E-state index contributed by atoms with van der Waals surface area (Å²) >= 11 is 5.41. The van der Waals surface area contributed by atoms with E-state index in [1.807, 2.05) is 36.4 Å². The summed E-state index contributed by atoms with van der Waals surface area (Å²) in [5, 5.41) is 7.09. The second-order valence-corrected chi connectivity index (χ2v) is 6.38. The van der Waals surface area contributed by atoms with Crippen LogP contribution in [0, 0.1) is 0 Å². The average Bonchev–Trinajstić information content (AvgIpc) is 2.62. The molecule has 2 rings (SSSR count). The zero-order chi connectivity index (χ0) is 18.2. The van der Waals surface area contributed by atoms with Gasteiger partial charge < -0.3 is 25.0 Å². The molecule has 0 amide bonds. The van der Waals surface area contributed by atoms with Gasteiger partial charge in [0.2, 0.25) is 0 Å². The van der Waals surface area contributed by atoms with Crippen LogP contribution in [0.2, 0.25) is 0 Å². The molecule has 0 bridgehead atoms. The Morgan fingerprint density at radius 3 is 2.32 bits per heavy atom. The summed E-state index contributed by atoms with van der Waals surface area (Å²) in [5.74, 6) is 1.68. The number of nitrogens with one attached hydrogen (secondary N) is 3. The van der Waals surface area contributed by atoms with Gasteiger partial charge in [-0.3, -0.25) is 0 Å². The summed E-state index contributed by atoms with van der Waals surface area (Å²) in [6.45, 7) is 0.720. The first-order chi connectivity index (χ1) is 12.0. The van der Waals surface area contributed by atoms with Gasteiger partial charge in [0, 0.05) is 11.3 Å². The first-order valence-electron chi connectivity index (χ1n) is 8.16. The van der Waals surface area contributed by atoms with Crippen molar-refractivity contribution >= 4 is 23.0 Å². The number of benzene rings is 2. The molecule has 0 fully saturated rings. The smallest absolute Gasteiger partial charge is 0.171 e. The molecule has 0 saturated carbocycles. The summed E-state index contributed by atoms with van der Waals surface area (Å²) in [4.78, 5) is 1.31. The van der Waals surface area contributed by atoms with E-state index >= 15 is 0 Å². The van der Waals surface area contributed by atoms with Gasteiger partial charge in [0.15, 0.2) is 5.11 Å². The lowest BCUT2D eigenvalue weighted by atomic mass is 10.1. The van der Waals surface area contributed by atoms with E-state index in [1.54, 1.807) is 14.2 Å². The molecule has 0 aromatic heterocycles. The Morgan fingerprint density at radius 2 is 1.72 bits per heavy atom. The second-order valence-electron chi connectivity index (χ2n) is 5.97. The number of quaternary nitrogens is 1. The van der Waals surface area contributed by atoms with Crippen LogP contribution < -0.4 is 25.0 Å². The number of ether oxygens (including phenoxy) is 2. The fraction of sp³-hybridized carbons (Fsp3) is 0.316. The van der Waals surface area contributed by atoms with Crippen LogP contribution in [-0.4, -0.2) is 40.0 Å². The molecule has 3 N–H and O–H groups in total. The van der Waals surface area contributed by atoms with Crippen LogP contribution in [0.4, 0.5) is 5.69 Å². The van der Waals surface area contributed by atoms with Crippen LogP contribution in [0.3, 0.4) is 0 Å². The highest BCUT2D eigenvalue weighted by molar-refractivity contribution is 7.80. The molecule has 2 aromatic rings. The van der Waals surface area contributed by atoms with Crippen molar-refractivity contribution in [2.24, 2.45) is 0 Å². The predicted molar refractivity (Wildman–Crippen MR) is 106 cm³/mol. The lowest BCUT2D eigenvalue weighted by molar-refractivity contribution is -0.890. The minimum absolute atomic E-state index is 0.255. The third kappa shape index (κ3) is 5.62. The molecule has 0 aliphatic carbocycles. The van der Waals surface area contributed by atoms with Gasteiger partial charge in [-0.25, -0.2) is 0 Å². The number of anilines is 1. The highest BCUT2D eigenvalue weighted by Gasteiger charge is 2.18. The standard InChI is InChI=1S/C19H25N3O2S/c1-22(2)18(14-6-5-7-17(12-14)24-4)13-20-19(25)21-15-8-10-16(23-3)11-9-15/h5-12,18H,13H2,1-4H3,(H2,20,21,25)/p+1/t18-/m1/s1. The summed E-state index contributed by atoms with van der Waals surface area (Å²) in [6.07, 6.45) is 0. The molecule has 2 aromatic carbocycles. The quantitative estimate of drug-likeness (QED) is 0.658. The van der Waals surface area contributed by atoms with Crippen molar-refractivity contribution in [3.8, 4) is 11.5 Å². The van der Waals surface area contributed by atoms with Crippen LogP contribution >= 0.6 is 12.2 Å². The summed E-state index contributed by atoms with van der Waals surface area (Å²) in [6, 6.07) is 16.1. The molecule has 0 radical (unpaired) electrons. The fourth-order valence-corrected chi connectivity index (χ4v) is 2.76. The van der Waals surface area contributed by atoms with Crippen molar-refractivity contribution in [1.82, 2.24) is 5.32 Å². The largest absolute Gasteiger partial charge is 0.497 e. The van der Waals surface area contributed by atoms with Gasteiger partial charge in [-0.2, -0.15) is 0 Å². The Balaban J connectivity index is 1.96. The van der Waals surface area contributed by atoms with Crippen molar-refractivity contribution in [3.63, 3.8) is 0 Å². The molecule has 6 heteroatoms. The summed E-state index contributed by atoms with van der Waals surface area (Å²) < 4.78 is 10.5. The van der Waals surface area contributed by atoms with Crippen LogP contribution in [0.1, 0.15) is 11.6 Å². The second kappa shape index (κ2) is 9.25. The summed E-state index contributed by atoms with van der Waals surface area (Å²) in [7, 11) is 7.59. The zero-order valence-electron chi connectivity index (χ0n) is 15.1. The molecular weight excluding hydrogens is 334 g/mol. The van der Waals surface area contributed by atoms with Crippen LogP contribution in [0.5, 0.6) is 11.5 Å². The minimum atomic E-state index is 0.255.